The van der Waals surface area contributed by atoms with Crippen LogP contribution in [0.25, 0.3) is 10.9 Å². The first-order valence-electron chi connectivity index (χ1n) is 11.2. The number of aromatic nitrogens is 1. The van der Waals surface area contributed by atoms with Crippen molar-refractivity contribution in [2.24, 2.45) is 0 Å². The molecule has 0 radical (unpaired) electrons. The van der Waals surface area contributed by atoms with E-state index in [0.29, 0.717) is 12.2 Å². The number of anilines is 1. The highest BCUT2D eigenvalue weighted by Crippen LogP contribution is 2.26. The molecule has 7 heteroatoms. The topological polar surface area (TPSA) is 72.7 Å². The molecule has 166 valence electrons. The van der Waals surface area contributed by atoms with E-state index in [-0.39, 0.29) is 12.0 Å². The molecule has 0 atom stereocenters. The largest absolute Gasteiger partial charge is 0.365 e. The summed E-state index contributed by atoms with van der Waals surface area (Å²) < 4.78 is 5.97. The lowest BCUT2D eigenvalue weighted by Crippen LogP contribution is -2.47. The van der Waals surface area contributed by atoms with Crippen LogP contribution in [0.3, 0.4) is 0 Å². The highest BCUT2D eigenvalue weighted by atomic mass is 16.5. The molecule has 3 heterocycles. The smallest absolute Gasteiger partial charge is 0.219 e. The molecule has 2 aliphatic rings. The maximum atomic E-state index is 11.4. The summed E-state index contributed by atoms with van der Waals surface area (Å²) in [4.78, 5) is 22.5. The van der Waals surface area contributed by atoms with Crippen molar-refractivity contribution >= 4 is 22.6 Å². The number of fused-ring (bicyclic) bond motifs is 1. The third-order valence-corrected chi connectivity index (χ3v) is 6.20. The molecule has 2 fully saturated rings. The minimum Gasteiger partial charge on any atom is -0.365 e. The van der Waals surface area contributed by atoms with Crippen LogP contribution < -0.4 is 4.90 Å². The number of hydrogen-bond donors (Lipinski definition) is 0. The predicted molar refractivity (Wildman–Crippen MR) is 124 cm³/mol. The molecule has 0 spiro atoms. The number of piperidine rings is 1. The fourth-order valence-corrected chi connectivity index (χ4v) is 4.26. The first kappa shape index (κ1) is 22.1. The van der Waals surface area contributed by atoms with Crippen LogP contribution in [-0.4, -0.2) is 79.2 Å². The van der Waals surface area contributed by atoms with Gasteiger partial charge in [0.25, 0.3) is 0 Å². The summed E-state index contributed by atoms with van der Waals surface area (Å²) in [5.41, 5.74) is 1.54. The first-order valence-corrected chi connectivity index (χ1v) is 11.2. The van der Waals surface area contributed by atoms with Gasteiger partial charge in [0, 0.05) is 51.6 Å². The van der Waals surface area contributed by atoms with Gasteiger partial charge in [-0.2, -0.15) is 5.26 Å². The third kappa shape index (κ3) is 5.37. The van der Waals surface area contributed by atoms with Crippen molar-refractivity contribution in [3.05, 3.63) is 35.9 Å². The van der Waals surface area contributed by atoms with Gasteiger partial charge in [0.05, 0.1) is 23.7 Å². The van der Waals surface area contributed by atoms with Crippen molar-refractivity contribution in [1.82, 2.24) is 14.8 Å². The zero-order valence-corrected chi connectivity index (χ0v) is 18.6. The Hall–Kier alpha value is -3.13. The molecular formula is C25H29N5O2. The zero-order valence-electron chi connectivity index (χ0n) is 18.6. The Bertz CT molecular complexity index is 1050. The Labute approximate surface area is 189 Å². The molecule has 1 aromatic carbocycles. The van der Waals surface area contributed by atoms with E-state index in [1.165, 1.54) is 0 Å². The number of pyridine rings is 1. The Morgan fingerprint density at radius 3 is 2.59 bits per heavy atom. The lowest BCUT2D eigenvalue weighted by molar-refractivity contribution is -0.130. The number of carbonyl (C=O) groups is 1. The molecule has 4 rings (SSSR count). The molecule has 32 heavy (non-hydrogen) atoms. The van der Waals surface area contributed by atoms with E-state index in [1.807, 2.05) is 35.2 Å². The molecule has 0 unspecified atom stereocenters. The Morgan fingerprint density at radius 1 is 1.12 bits per heavy atom. The fourth-order valence-electron chi connectivity index (χ4n) is 4.26. The second-order valence-corrected chi connectivity index (χ2v) is 8.30. The lowest BCUT2D eigenvalue weighted by atomic mass is 10.1. The van der Waals surface area contributed by atoms with Crippen molar-refractivity contribution < 1.29 is 9.53 Å². The third-order valence-electron chi connectivity index (χ3n) is 6.20. The van der Waals surface area contributed by atoms with Crippen LogP contribution in [0.2, 0.25) is 0 Å². The van der Waals surface area contributed by atoms with Crippen molar-refractivity contribution in [3.8, 4) is 17.9 Å². The van der Waals surface area contributed by atoms with Crippen LogP contribution in [0.1, 0.15) is 25.3 Å². The van der Waals surface area contributed by atoms with Crippen LogP contribution in [-0.2, 0) is 9.53 Å². The molecule has 2 aliphatic heterocycles. The lowest BCUT2D eigenvalue weighted by Gasteiger charge is -2.33. The van der Waals surface area contributed by atoms with E-state index in [9.17, 15) is 10.1 Å². The van der Waals surface area contributed by atoms with Gasteiger partial charge in [0.1, 0.15) is 18.5 Å². The van der Waals surface area contributed by atoms with E-state index >= 15 is 0 Å². The highest BCUT2D eigenvalue weighted by molar-refractivity contribution is 5.83. The molecular weight excluding hydrogens is 402 g/mol. The molecule has 1 amide bonds. The molecule has 0 aliphatic carbocycles. The molecule has 7 nitrogen and oxygen atoms in total. The summed E-state index contributed by atoms with van der Waals surface area (Å²) >= 11 is 0. The maximum absolute atomic E-state index is 11.4. The zero-order chi connectivity index (χ0) is 22.3. The van der Waals surface area contributed by atoms with Crippen LogP contribution >= 0.6 is 0 Å². The van der Waals surface area contributed by atoms with Crippen molar-refractivity contribution in [3.63, 3.8) is 0 Å². The summed E-state index contributed by atoms with van der Waals surface area (Å²) in [6.07, 6.45) is 1.98. The van der Waals surface area contributed by atoms with E-state index in [0.717, 1.165) is 75.4 Å². The summed E-state index contributed by atoms with van der Waals surface area (Å²) in [6.45, 7) is 7.74. The van der Waals surface area contributed by atoms with Gasteiger partial charge in [-0.15, -0.1) is 0 Å². The summed E-state index contributed by atoms with van der Waals surface area (Å²) in [6, 6.07) is 12.1. The summed E-state index contributed by atoms with van der Waals surface area (Å²) in [7, 11) is 0. The number of rotatable bonds is 4. The minimum atomic E-state index is 0.149. The van der Waals surface area contributed by atoms with E-state index in [1.54, 1.807) is 6.92 Å². The van der Waals surface area contributed by atoms with Crippen LogP contribution in [0.5, 0.6) is 0 Å². The number of nitriles is 1. The van der Waals surface area contributed by atoms with Gasteiger partial charge < -0.3 is 14.5 Å². The van der Waals surface area contributed by atoms with E-state index in [2.05, 4.69) is 27.7 Å². The van der Waals surface area contributed by atoms with Gasteiger partial charge in [0.15, 0.2) is 0 Å². The molecule has 0 saturated carbocycles. The van der Waals surface area contributed by atoms with Crippen molar-refractivity contribution in [1.29, 1.82) is 5.26 Å². The summed E-state index contributed by atoms with van der Waals surface area (Å²) in [5, 5.41) is 10.6. The van der Waals surface area contributed by atoms with E-state index < -0.39 is 0 Å². The quantitative estimate of drug-likeness (QED) is 0.692. The van der Waals surface area contributed by atoms with Crippen LogP contribution in [0.4, 0.5) is 5.82 Å². The normalized spacial score (nSPS) is 17.6. The summed E-state index contributed by atoms with van der Waals surface area (Å²) in [5.74, 6) is 7.25. The first-order chi connectivity index (χ1) is 15.6. The Morgan fingerprint density at radius 2 is 1.88 bits per heavy atom. The van der Waals surface area contributed by atoms with E-state index in [4.69, 9.17) is 9.72 Å². The Balaban J connectivity index is 1.22. The molecule has 0 N–H and O–H groups in total. The van der Waals surface area contributed by atoms with Gasteiger partial charge >= 0.3 is 0 Å². The maximum Gasteiger partial charge on any atom is 0.219 e. The van der Waals surface area contributed by atoms with Crippen molar-refractivity contribution in [2.75, 3.05) is 57.3 Å². The number of amides is 1. The molecule has 1 aromatic heterocycles. The van der Waals surface area contributed by atoms with Gasteiger partial charge in [0.2, 0.25) is 5.91 Å². The minimum absolute atomic E-state index is 0.149. The average Bonchev–Trinajstić information content (AvgIpc) is 2.83. The number of carbonyl (C=O) groups excluding carboxylic acids is 1. The Kier molecular flexibility index (Phi) is 7.21. The average molecular weight is 432 g/mol. The molecule has 2 saturated heterocycles. The van der Waals surface area contributed by atoms with Gasteiger partial charge in [-0.05, 0) is 25.0 Å². The monoisotopic (exact) mass is 431 g/mol. The molecule has 0 bridgehead atoms. The number of nitrogens with zero attached hydrogens (tertiary/aromatic N) is 5. The van der Waals surface area contributed by atoms with Gasteiger partial charge in [-0.25, -0.2) is 4.98 Å². The number of piperazine rings is 1. The van der Waals surface area contributed by atoms with Gasteiger partial charge in [-0.1, -0.05) is 30.0 Å². The second kappa shape index (κ2) is 10.5. The number of benzene rings is 1. The second-order valence-electron chi connectivity index (χ2n) is 8.30. The predicted octanol–water partition coefficient (Wildman–Crippen LogP) is 2.26. The SMILES string of the molecule is CC(=O)N1CCN(CC#CCOC2CCN(c3nc4ccccc4cc3C#N)CC2)CC1. The number of hydrogen-bond acceptors (Lipinski definition) is 6. The van der Waals surface area contributed by atoms with Crippen LogP contribution in [0.15, 0.2) is 30.3 Å². The number of ether oxygens (including phenoxy) is 1. The van der Waals surface area contributed by atoms with Crippen molar-refractivity contribution in [2.45, 2.75) is 25.9 Å². The van der Waals surface area contributed by atoms with Gasteiger partial charge in [-0.3, -0.25) is 9.69 Å². The molecule has 2 aromatic rings. The number of para-hydroxylation sites is 1. The fraction of sp³-hybridized carbons (Fsp3) is 0.480. The highest BCUT2D eigenvalue weighted by Gasteiger charge is 2.23. The van der Waals surface area contributed by atoms with Crippen LogP contribution in [0, 0.1) is 23.2 Å². The standard InChI is InChI=1S/C25H29N5O2/c1-20(31)29-15-13-28(14-16-29)10-4-5-17-32-23-8-11-30(12-9-23)25-22(19-26)18-21-6-2-3-7-24(21)27-25/h2-3,6-7,18,23H,8-17H2,1H3.